The summed E-state index contributed by atoms with van der Waals surface area (Å²) in [7, 11) is 0. The molecule has 1 aliphatic carbocycles. The van der Waals surface area contributed by atoms with Crippen LogP contribution < -0.4 is 5.32 Å². The van der Waals surface area contributed by atoms with Crippen LogP contribution in [0.5, 0.6) is 0 Å². The van der Waals surface area contributed by atoms with Gasteiger partial charge in [-0.25, -0.2) is 0 Å². The van der Waals surface area contributed by atoms with Crippen molar-refractivity contribution in [3.05, 3.63) is 35.6 Å². The first-order valence-electron chi connectivity index (χ1n) is 5.01. The first-order valence-corrected chi connectivity index (χ1v) is 5.01. The fourth-order valence-electron chi connectivity index (χ4n) is 2.11. The quantitative estimate of drug-likeness (QED) is 0.674. The minimum Gasteiger partial charge on any atom is -0.384 e. The van der Waals surface area contributed by atoms with Crippen molar-refractivity contribution in [3.63, 3.8) is 0 Å². The molecule has 0 aromatic rings. The molecule has 4 heteroatoms. The molecule has 82 valence electrons. The molecule has 1 N–H and O–H groups in total. The first kappa shape index (κ1) is 10.7. The topological polar surface area (TPSA) is 30.5 Å². The highest BCUT2D eigenvalue weighted by Crippen LogP contribution is 2.27. The summed E-state index contributed by atoms with van der Waals surface area (Å²) >= 11 is 0. The van der Waals surface area contributed by atoms with Crippen molar-refractivity contribution in [3.8, 4) is 0 Å². The lowest BCUT2D eigenvalue weighted by Gasteiger charge is -2.36. The van der Waals surface area contributed by atoms with Crippen molar-refractivity contribution in [2.75, 3.05) is 19.8 Å². The lowest BCUT2D eigenvalue weighted by molar-refractivity contribution is -0.0360. The van der Waals surface area contributed by atoms with Crippen LogP contribution in [0.1, 0.15) is 0 Å². The van der Waals surface area contributed by atoms with Crippen molar-refractivity contribution in [2.45, 2.75) is 12.2 Å². The molecule has 0 aromatic heterocycles. The number of nitrogens with one attached hydrogen (secondary N) is 1. The summed E-state index contributed by atoms with van der Waals surface area (Å²) in [6.45, 7) is 2.34. The summed E-state index contributed by atoms with van der Waals surface area (Å²) < 4.78 is 11.3. The third kappa shape index (κ3) is 1.83. The van der Waals surface area contributed by atoms with Gasteiger partial charge in [0.1, 0.15) is 12.2 Å². The molecular weight excluding hydrogens is 214 g/mol. The zero-order valence-corrected chi connectivity index (χ0v) is 9.13. The van der Waals surface area contributed by atoms with Gasteiger partial charge in [-0.3, -0.25) is 0 Å². The minimum absolute atomic E-state index is 0. The molecule has 0 bridgehead atoms. The average molecular weight is 228 g/mol. The van der Waals surface area contributed by atoms with Crippen LogP contribution in [0, 0.1) is 0 Å². The van der Waals surface area contributed by atoms with Crippen molar-refractivity contribution in [2.24, 2.45) is 0 Å². The van der Waals surface area contributed by atoms with Crippen LogP contribution in [-0.2, 0) is 9.47 Å². The molecule has 2 heterocycles. The van der Waals surface area contributed by atoms with Crippen LogP contribution in [-0.4, -0.2) is 32.0 Å². The lowest BCUT2D eigenvalue weighted by Crippen LogP contribution is -2.45. The van der Waals surface area contributed by atoms with Crippen molar-refractivity contribution in [1.29, 1.82) is 0 Å². The molecule has 0 saturated carbocycles. The van der Waals surface area contributed by atoms with Gasteiger partial charge in [-0.1, -0.05) is 24.3 Å². The molecule has 3 aliphatic rings. The Morgan fingerprint density at radius 2 is 2.20 bits per heavy atom. The standard InChI is InChI=1S/C11H13NO2.ClH/c1-2-4-9-8(3-1)11-10(7-14-9)13-6-5-12-11;/h1-4,9-10,12H,5-7H2;1H. The van der Waals surface area contributed by atoms with Gasteiger partial charge in [0.25, 0.3) is 0 Å². The van der Waals surface area contributed by atoms with E-state index in [0.29, 0.717) is 6.61 Å². The molecule has 2 unspecified atom stereocenters. The summed E-state index contributed by atoms with van der Waals surface area (Å²) in [6.07, 6.45) is 8.49. The second-order valence-corrected chi connectivity index (χ2v) is 3.65. The predicted octanol–water partition coefficient (Wildman–Crippen LogP) is 1.18. The maximum atomic E-state index is 5.69. The molecular formula is C11H14ClNO2. The zero-order chi connectivity index (χ0) is 9.38. The van der Waals surface area contributed by atoms with Crippen LogP contribution in [0.15, 0.2) is 35.6 Å². The van der Waals surface area contributed by atoms with Gasteiger partial charge in [-0.15, -0.1) is 12.4 Å². The van der Waals surface area contributed by atoms with Gasteiger partial charge in [0, 0.05) is 17.8 Å². The number of ether oxygens (including phenoxy) is 2. The van der Waals surface area contributed by atoms with Crippen molar-refractivity contribution < 1.29 is 9.47 Å². The molecule has 3 rings (SSSR count). The van der Waals surface area contributed by atoms with E-state index in [1.807, 2.05) is 12.2 Å². The average Bonchev–Trinajstić information content (AvgIpc) is 2.29. The van der Waals surface area contributed by atoms with Crippen LogP contribution in [0.25, 0.3) is 0 Å². The van der Waals surface area contributed by atoms with Gasteiger partial charge in [-0.2, -0.15) is 0 Å². The summed E-state index contributed by atoms with van der Waals surface area (Å²) in [6, 6.07) is 0. The van der Waals surface area contributed by atoms with Crippen molar-refractivity contribution in [1.82, 2.24) is 5.32 Å². The molecule has 1 saturated heterocycles. The second-order valence-electron chi connectivity index (χ2n) is 3.65. The van der Waals surface area contributed by atoms with Gasteiger partial charge in [0.05, 0.1) is 13.2 Å². The fourth-order valence-corrected chi connectivity index (χ4v) is 2.11. The van der Waals surface area contributed by atoms with Crippen molar-refractivity contribution >= 4 is 12.4 Å². The Morgan fingerprint density at radius 3 is 3.13 bits per heavy atom. The maximum absolute atomic E-state index is 5.69. The highest BCUT2D eigenvalue weighted by atomic mass is 35.5. The van der Waals surface area contributed by atoms with Gasteiger partial charge in [-0.05, 0) is 0 Å². The van der Waals surface area contributed by atoms with E-state index in [4.69, 9.17) is 9.47 Å². The molecule has 2 atom stereocenters. The molecule has 0 spiro atoms. The monoisotopic (exact) mass is 227 g/mol. The summed E-state index contributed by atoms with van der Waals surface area (Å²) in [4.78, 5) is 0. The van der Waals surface area contributed by atoms with Crippen LogP contribution in [0.2, 0.25) is 0 Å². The number of rotatable bonds is 0. The Bertz CT molecular complexity index is 335. The van der Waals surface area contributed by atoms with Gasteiger partial charge < -0.3 is 14.8 Å². The van der Waals surface area contributed by atoms with Crippen LogP contribution >= 0.6 is 12.4 Å². The van der Waals surface area contributed by atoms with Crippen LogP contribution in [0.4, 0.5) is 0 Å². The molecule has 1 fully saturated rings. The third-order valence-corrected chi connectivity index (χ3v) is 2.78. The molecule has 0 radical (unpaired) electrons. The molecule has 3 nitrogen and oxygen atoms in total. The van der Waals surface area contributed by atoms with E-state index >= 15 is 0 Å². The SMILES string of the molecule is C1=CC2=C3NCCOC3COC2C=C1.Cl. The summed E-state index contributed by atoms with van der Waals surface area (Å²) in [5.74, 6) is 0. The highest BCUT2D eigenvalue weighted by molar-refractivity contribution is 5.85. The van der Waals surface area contributed by atoms with Gasteiger partial charge in [0.15, 0.2) is 0 Å². The lowest BCUT2D eigenvalue weighted by atomic mass is 9.96. The maximum Gasteiger partial charge on any atom is 0.121 e. The fraction of sp³-hybridized carbons (Fsp3) is 0.455. The minimum atomic E-state index is 0. The molecule has 0 amide bonds. The van der Waals surface area contributed by atoms with E-state index in [-0.39, 0.29) is 24.6 Å². The van der Waals surface area contributed by atoms with E-state index in [1.54, 1.807) is 0 Å². The van der Waals surface area contributed by atoms with E-state index in [1.165, 1.54) is 11.3 Å². The van der Waals surface area contributed by atoms with E-state index in [0.717, 1.165) is 13.2 Å². The molecule has 0 aromatic carbocycles. The van der Waals surface area contributed by atoms with E-state index in [9.17, 15) is 0 Å². The Labute approximate surface area is 95.2 Å². The Hall–Kier alpha value is -0.770. The second kappa shape index (κ2) is 4.39. The Morgan fingerprint density at radius 1 is 1.27 bits per heavy atom. The van der Waals surface area contributed by atoms with E-state index < -0.39 is 0 Å². The molecule has 15 heavy (non-hydrogen) atoms. The van der Waals surface area contributed by atoms with Crippen LogP contribution in [0.3, 0.4) is 0 Å². The third-order valence-electron chi connectivity index (χ3n) is 2.78. The number of halogens is 1. The summed E-state index contributed by atoms with van der Waals surface area (Å²) in [5, 5.41) is 3.41. The highest BCUT2D eigenvalue weighted by Gasteiger charge is 2.31. The summed E-state index contributed by atoms with van der Waals surface area (Å²) in [5.41, 5.74) is 2.44. The number of hydrogen-bond donors (Lipinski definition) is 1. The number of fused-ring (bicyclic) bond motifs is 2. The van der Waals surface area contributed by atoms with Gasteiger partial charge in [0.2, 0.25) is 0 Å². The predicted molar refractivity (Wildman–Crippen MR) is 60.0 cm³/mol. The number of hydrogen-bond acceptors (Lipinski definition) is 3. The van der Waals surface area contributed by atoms with Gasteiger partial charge >= 0.3 is 0 Å². The Kier molecular flexibility index (Phi) is 3.14. The smallest absolute Gasteiger partial charge is 0.121 e. The largest absolute Gasteiger partial charge is 0.384 e. The number of morpholine rings is 1. The molecule has 2 aliphatic heterocycles. The first-order chi connectivity index (χ1) is 6.95. The zero-order valence-electron chi connectivity index (χ0n) is 8.31. The van der Waals surface area contributed by atoms with E-state index in [2.05, 4.69) is 17.5 Å². The normalized spacial score (nSPS) is 32.5. The Balaban J connectivity index is 0.000000853. The number of allylic oxidation sites excluding steroid dienone is 2.